The van der Waals surface area contributed by atoms with Crippen LogP contribution in [0.2, 0.25) is 0 Å². The molecule has 0 atom stereocenters. The van der Waals surface area contributed by atoms with Crippen molar-refractivity contribution in [1.29, 1.82) is 0 Å². The molecule has 0 spiro atoms. The summed E-state index contributed by atoms with van der Waals surface area (Å²) in [5, 5.41) is 4.44. The van der Waals surface area contributed by atoms with Gasteiger partial charge in [0.05, 0.1) is 24.5 Å². The van der Waals surface area contributed by atoms with E-state index in [9.17, 15) is 9.59 Å². The second-order valence-electron chi connectivity index (χ2n) is 5.52. The topological polar surface area (TPSA) is 61.2 Å². The predicted octanol–water partition coefficient (Wildman–Crippen LogP) is 3.09. The van der Waals surface area contributed by atoms with Crippen LogP contribution in [0.4, 0.5) is 0 Å². The summed E-state index contributed by atoms with van der Waals surface area (Å²) in [4.78, 5) is 22.7. The summed E-state index contributed by atoms with van der Waals surface area (Å²) in [6.07, 6.45) is 10.6. The van der Waals surface area contributed by atoms with Crippen molar-refractivity contribution in [3.05, 3.63) is 17.5 Å². The molecule has 0 unspecified atom stereocenters. The molecule has 0 bridgehead atoms. The number of carbonyl (C=O) groups is 2. The van der Waals surface area contributed by atoms with E-state index in [2.05, 4.69) is 5.10 Å². The Morgan fingerprint density at radius 3 is 2.71 bits per heavy atom. The highest BCUT2D eigenvalue weighted by Gasteiger charge is 2.23. The molecule has 0 radical (unpaired) electrons. The summed E-state index contributed by atoms with van der Waals surface area (Å²) in [5.41, 5.74) is 1.37. The van der Waals surface area contributed by atoms with E-state index in [1.165, 1.54) is 25.7 Å². The van der Waals surface area contributed by atoms with Crippen LogP contribution in [-0.2, 0) is 16.0 Å². The molecule has 0 aliphatic heterocycles. The number of nitrogens with zero attached hydrogens (tertiary/aromatic N) is 2. The Kier molecular flexibility index (Phi) is 5.96. The molecule has 1 aliphatic rings. The summed E-state index contributed by atoms with van der Waals surface area (Å²) in [6, 6.07) is 0.345. The molecular formula is C16H24N2O3. The minimum Gasteiger partial charge on any atom is -0.462 e. The molecule has 1 aliphatic carbocycles. The Morgan fingerprint density at radius 1 is 1.38 bits per heavy atom. The molecule has 21 heavy (non-hydrogen) atoms. The van der Waals surface area contributed by atoms with Crippen molar-refractivity contribution in [3.63, 3.8) is 0 Å². The van der Waals surface area contributed by atoms with Gasteiger partial charge < -0.3 is 9.53 Å². The highest BCUT2D eigenvalue weighted by molar-refractivity contribution is 5.90. The quantitative estimate of drug-likeness (QED) is 0.459. The Hall–Kier alpha value is -1.65. The summed E-state index contributed by atoms with van der Waals surface area (Å²) in [6.45, 7) is 2.14. The summed E-state index contributed by atoms with van der Waals surface area (Å²) in [5.74, 6) is -0.335. The lowest BCUT2D eigenvalue weighted by atomic mass is 10.1. The Balaban J connectivity index is 2.26. The van der Waals surface area contributed by atoms with Crippen LogP contribution >= 0.6 is 0 Å². The van der Waals surface area contributed by atoms with Gasteiger partial charge in [-0.2, -0.15) is 5.10 Å². The van der Waals surface area contributed by atoms with Crippen LogP contribution in [-0.4, -0.2) is 28.6 Å². The van der Waals surface area contributed by atoms with E-state index in [0.29, 0.717) is 31.1 Å². The zero-order chi connectivity index (χ0) is 15.1. The molecule has 0 aromatic carbocycles. The monoisotopic (exact) mass is 292 g/mol. The van der Waals surface area contributed by atoms with Gasteiger partial charge in [-0.25, -0.2) is 4.79 Å². The van der Waals surface area contributed by atoms with Crippen molar-refractivity contribution >= 4 is 12.3 Å². The van der Waals surface area contributed by atoms with E-state index in [1.54, 1.807) is 13.1 Å². The number of aromatic nitrogens is 2. The summed E-state index contributed by atoms with van der Waals surface area (Å²) >= 11 is 0. The van der Waals surface area contributed by atoms with Crippen molar-refractivity contribution in [2.45, 2.75) is 64.3 Å². The Bertz CT molecular complexity index is 474. The number of hydrogen-bond acceptors (Lipinski definition) is 4. The van der Waals surface area contributed by atoms with Crippen LogP contribution < -0.4 is 0 Å². The first-order valence-electron chi connectivity index (χ1n) is 7.95. The van der Waals surface area contributed by atoms with Gasteiger partial charge in [-0.3, -0.25) is 4.68 Å². The first-order valence-corrected chi connectivity index (χ1v) is 7.95. The van der Waals surface area contributed by atoms with Crippen LogP contribution in [0, 0.1) is 0 Å². The van der Waals surface area contributed by atoms with E-state index in [1.807, 2.05) is 4.68 Å². The molecule has 2 rings (SSSR count). The lowest BCUT2D eigenvalue weighted by Gasteiger charge is -2.18. The van der Waals surface area contributed by atoms with Gasteiger partial charge in [0.25, 0.3) is 0 Å². The minimum atomic E-state index is -0.335. The molecular weight excluding hydrogens is 268 g/mol. The average Bonchev–Trinajstić information content (AvgIpc) is 2.71. The van der Waals surface area contributed by atoms with Crippen molar-refractivity contribution in [2.24, 2.45) is 0 Å². The highest BCUT2D eigenvalue weighted by atomic mass is 16.5. The Labute approximate surface area is 125 Å². The molecule has 1 heterocycles. The fraction of sp³-hybridized carbons (Fsp3) is 0.688. The smallest absolute Gasteiger partial charge is 0.341 e. The third-order valence-electron chi connectivity index (χ3n) is 4.06. The predicted molar refractivity (Wildman–Crippen MR) is 79.3 cm³/mol. The first-order chi connectivity index (χ1) is 10.3. The zero-order valence-corrected chi connectivity index (χ0v) is 12.7. The molecule has 0 N–H and O–H groups in total. The maximum absolute atomic E-state index is 12.0. The second-order valence-corrected chi connectivity index (χ2v) is 5.52. The number of aldehydes is 1. The summed E-state index contributed by atoms with van der Waals surface area (Å²) < 4.78 is 7.07. The van der Waals surface area contributed by atoms with E-state index in [-0.39, 0.29) is 5.97 Å². The highest BCUT2D eigenvalue weighted by Crippen LogP contribution is 2.29. The standard InChI is InChI=1S/C16H24N2O3/c1-2-21-16(20)14-12-17-18(15(14)10-7-11-19)13-8-5-3-4-6-9-13/h11-13H,2-10H2,1H3. The number of carbonyl (C=O) groups excluding carboxylic acids is 2. The molecule has 116 valence electrons. The summed E-state index contributed by atoms with van der Waals surface area (Å²) in [7, 11) is 0. The maximum Gasteiger partial charge on any atom is 0.341 e. The lowest BCUT2D eigenvalue weighted by molar-refractivity contribution is -0.107. The van der Waals surface area contributed by atoms with Gasteiger partial charge in [-0.05, 0) is 26.2 Å². The molecule has 1 saturated carbocycles. The SMILES string of the molecule is CCOC(=O)c1cnn(C2CCCCCC2)c1CCC=O. The number of hydrogen-bond donors (Lipinski definition) is 0. The third kappa shape index (κ3) is 3.93. The van der Waals surface area contributed by atoms with Gasteiger partial charge in [-0.1, -0.05) is 25.7 Å². The van der Waals surface area contributed by atoms with Gasteiger partial charge in [0.15, 0.2) is 0 Å². The zero-order valence-electron chi connectivity index (χ0n) is 12.7. The second kappa shape index (κ2) is 7.96. The number of ether oxygens (including phenoxy) is 1. The largest absolute Gasteiger partial charge is 0.462 e. The van der Waals surface area contributed by atoms with Crippen LogP contribution in [0.25, 0.3) is 0 Å². The van der Waals surface area contributed by atoms with Gasteiger partial charge in [-0.15, -0.1) is 0 Å². The van der Waals surface area contributed by atoms with Crippen LogP contribution in [0.3, 0.4) is 0 Å². The van der Waals surface area contributed by atoms with E-state index >= 15 is 0 Å². The third-order valence-corrected chi connectivity index (χ3v) is 4.06. The Morgan fingerprint density at radius 2 is 2.10 bits per heavy atom. The van der Waals surface area contributed by atoms with Gasteiger partial charge in [0.1, 0.15) is 11.8 Å². The molecule has 5 nitrogen and oxygen atoms in total. The number of esters is 1. The van der Waals surface area contributed by atoms with Gasteiger partial charge in [0, 0.05) is 6.42 Å². The van der Waals surface area contributed by atoms with E-state index < -0.39 is 0 Å². The van der Waals surface area contributed by atoms with E-state index in [0.717, 1.165) is 24.8 Å². The van der Waals surface area contributed by atoms with Crippen LogP contribution in [0.15, 0.2) is 6.20 Å². The first kappa shape index (κ1) is 15.7. The molecule has 1 fully saturated rings. The van der Waals surface area contributed by atoms with Crippen molar-refractivity contribution in [1.82, 2.24) is 9.78 Å². The molecule has 1 aromatic heterocycles. The molecule has 0 amide bonds. The normalized spacial score (nSPS) is 16.4. The van der Waals surface area contributed by atoms with Crippen molar-refractivity contribution in [2.75, 3.05) is 6.61 Å². The molecule has 0 saturated heterocycles. The van der Waals surface area contributed by atoms with Crippen LogP contribution in [0.1, 0.15) is 74.0 Å². The van der Waals surface area contributed by atoms with Gasteiger partial charge in [0.2, 0.25) is 0 Å². The average molecular weight is 292 g/mol. The molecule has 5 heteroatoms. The minimum absolute atomic E-state index is 0.335. The lowest BCUT2D eigenvalue weighted by Crippen LogP contribution is -2.15. The van der Waals surface area contributed by atoms with E-state index in [4.69, 9.17) is 4.74 Å². The van der Waals surface area contributed by atoms with Crippen molar-refractivity contribution < 1.29 is 14.3 Å². The maximum atomic E-state index is 12.0. The van der Waals surface area contributed by atoms with Crippen molar-refractivity contribution in [3.8, 4) is 0 Å². The molecule has 1 aromatic rings. The number of rotatable bonds is 6. The van der Waals surface area contributed by atoms with Crippen LogP contribution in [0.5, 0.6) is 0 Å². The fourth-order valence-corrected chi connectivity index (χ4v) is 3.03. The van der Waals surface area contributed by atoms with Gasteiger partial charge >= 0.3 is 5.97 Å². The fourth-order valence-electron chi connectivity index (χ4n) is 3.03.